The molecule has 0 spiro atoms. The van der Waals surface area contributed by atoms with Crippen LogP contribution in [0.25, 0.3) is 0 Å². The molecule has 1 amide bonds. The first-order valence-electron chi connectivity index (χ1n) is 9.48. The minimum atomic E-state index is -3.69. The number of sulfonamides is 1. The number of ether oxygens (including phenoxy) is 1. The molecule has 3 rings (SSSR count). The van der Waals surface area contributed by atoms with E-state index in [0.29, 0.717) is 23.7 Å². The Kier molecular flexibility index (Phi) is 6.74. The Balaban J connectivity index is 1.74. The van der Waals surface area contributed by atoms with Crippen LogP contribution in [0, 0.1) is 0 Å². The predicted molar refractivity (Wildman–Crippen MR) is 118 cm³/mol. The van der Waals surface area contributed by atoms with Gasteiger partial charge >= 0.3 is 0 Å². The van der Waals surface area contributed by atoms with Gasteiger partial charge in [0.15, 0.2) is 0 Å². The molecule has 0 aliphatic heterocycles. The second-order valence-corrected chi connectivity index (χ2v) is 8.71. The van der Waals surface area contributed by atoms with E-state index in [1.54, 1.807) is 31.2 Å². The molecule has 0 radical (unpaired) electrons. The first kappa shape index (κ1) is 21.4. The lowest BCUT2D eigenvalue weighted by atomic mass is 10.2. The molecule has 7 heteroatoms. The largest absolute Gasteiger partial charge is 0.457 e. The normalized spacial score (nSPS) is 12.1. The van der Waals surface area contributed by atoms with Gasteiger partial charge in [-0.3, -0.25) is 9.10 Å². The maximum atomic E-state index is 12.6. The van der Waals surface area contributed by atoms with Gasteiger partial charge in [0.25, 0.3) is 0 Å². The third-order valence-electron chi connectivity index (χ3n) is 4.47. The Hall–Kier alpha value is -3.32. The van der Waals surface area contributed by atoms with E-state index in [1.807, 2.05) is 60.7 Å². The first-order chi connectivity index (χ1) is 14.3. The lowest BCUT2D eigenvalue weighted by Gasteiger charge is -2.28. The van der Waals surface area contributed by atoms with Gasteiger partial charge in [0, 0.05) is 6.54 Å². The Morgan fingerprint density at radius 3 is 2.00 bits per heavy atom. The van der Waals surface area contributed by atoms with Crippen molar-refractivity contribution in [3.63, 3.8) is 0 Å². The van der Waals surface area contributed by atoms with E-state index in [2.05, 4.69) is 5.32 Å². The van der Waals surface area contributed by atoms with E-state index >= 15 is 0 Å². The SMILES string of the molecule is C[C@@H](C(=O)NCc1ccccc1)N(c1ccc(Oc2ccccc2)cc1)S(C)(=O)=O. The third kappa shape index (κ3) is 5.61. The van der Waals surface area contributed by atoms with Crippen LogP contribution in [-0.2, 0) is 21.4 Å². The van der Waals surface area contributed by atoms with Crippen LogP contribution < -0.4 is 14.4 Å². The van der Waals surface area contributed by atoms with Gasteiger partial charge in [-0.2, -0.15) is 0 Å². The van der Waals surface area contributed by atoms with Crippen LogP contribution in [0.15, 0.2) is 84.9 Å². The highest BCUT2D eigenvalue weighted by Crippen LogP contribution is 2.26. The van der Waals surface area contributed by atoms with Gasteiger partial charge in [-0.25, -0.2) is 8.42 Å². The van der Waals surface area contributed by atoms with Crippen molar-refractivity contribution in [1.82, 2.24) is 5.32 Å². The van der Waals surface area contributed by atoms with E-state index in [1.165, 1.54) is 0 Å². The molecule has 0 bridgehead atoms. The first-order valence-corrected chi connectivity index (χ1v) is 11.3. The number of carbonyl (C=O) groups is 1. The van der Waals surface area contributed by atoms with Crippen LogP contribution in [-0.4, -0.2) is 26.6 Å². The zero-order valence-corrected chi connectivity index (χ0v) is 17.7. The number of para-hydroxylation sites is 1. The van der Waals surface area contributed by atoms with Crippen molar-refractivity contribution in [2.75, 3.05) is 10.6 Å². The van der Waals surface area contributed by atoms with Gasteiger partial charge in [0.05, 0.1) is 11.9 Å². The summed E-state index contributed by atoms with van der Waals surface area (Å²) in [6.45, 7) is 1.89. The molecule has 0 aromatic heterocycles. The summed E-state index contributed by atoms with van der Waals surface area (Å²) in [5.74, 6) is 0.868. The number of nitrogens with one attached hydrogen (secondary N) is 1. The molecule has 0 saturated heterocycles. The summed E-state index contributed by atoms with van der Waals surface area (Å²) < 4.78 is 31.7. The van der Waals surface area contributed by atoms with Crippen LogP contribution in [0.1, 0.15) is 12.5 Å². The standard InChI is InChI=1S/C23H24N2O4S/c1-18(23(26)24-17-19-9-5-3-6-10-19)25(30(2,27)28)20-13-15-22(16-14-20)29-21-11-7-4-8-12-21/h3-16,18H,17H2,1-2H3,(H,24,26)/t18-/m0/s1. The molecule has 156 valence electrons. The predicted octanol–water partition coefficient (Wildman–Crippen LogP) is 3.95. The van der Waals surface area contributed by atoms with Crippen molar-refractivity contribution in [3.05, 3.63) is 90.5 Å². The van der Waals surface area contributed by atoms with Crippen molar-refractivity contribution in [2.24, 2.45) is 0 Å². The molecule has 3 aromatic carbocycles. The Morgan fingerprint density at radius 1 is 0.900 bits per heavy atom. The number of benzene rings is 3. The number of anilines is 1. The second-order valence-electron chi connectivity index (χ2n) is 6.85. The maximum absolute atomic E-state index is 12.6. The number of nitrogens with zero attached hydrogens (tertiary/aromatic N) is 1. The number of hydrogen-bond donors (Lipinski definition) is 1. The summed E-state index contributed by atoms with van der Waals surface area (Å²) in [4.78, 5) is 12.6. The number of hydrogen-bond acceptors (Lipinski definition) is 4. The van der Waals surface area contributed by atoms with E-state index in [9.17, 15) is 13.2 Å². The quantitative estimate of drug-likeness (QED) is 0.594. The second kappa shape index (κ2) is 9.45. The number of carbonyl (C=O) groups excluding carboxylic acids is 1. The third-order valence-corrected chi connectivity index (χ3v) is 5.71. The van der Waals surface area contributed by atoms with Gasteiger partial charge in [-0.15, -0.1) is 0 Å². The Morgan fingerprint density at radius 2 is 1.43 bits per heavy atom. The molecule has 6 nitrogen and oxygen atoms in total. The van der Waals surface area contributed by atoms with Crippen molar-refractivity contribution < 1.29 is 17.9 Å². The molecule has 0 saturated carbocycles. The van der Waals surface area contributed by atoms with Gasteiger partial charge in [0.1, 0.15) is 17.5 Å². The fraction of sp³-hybridized carbons (Fsp3) is 0.174. The highest BCUT2D eigenvalue weighted by molar-refractivity contribution is 7.92. The molecule has 3 aromatic rings. The highest BCUT2D eigenvalue weighted by Gasteiger charge is 2.29. The minimum Gasteiger partial charge on any atom is -0.457 e. The van der Waals surface area contributed by atoms with Crippen molar-refractivity contribution >= 4 is 21.6 Å². The highest BCUT2D eigenvalue weighted by atomic mass is 32.2. The molecule has 0 aliphatic carbocycles. The van der Waals surface area contributed by atoms with Crippen molar-refractivity contribution in [3.8, 4) is 11.5 Å². The number of amides is 1. The van der Waals surface area contributed by atoms with Crippen LogP contribution in [0.5, 0.6) is 11.5 Å². The van der Waals surface area contributed by atoms with Crippen LogP contribution in [0.2, 0.25) is 0 Å². The Labute approximate surface area is 177 Å². The molecule has 1 atom stereocenters. The van der Waals surface area contributed by atoms with Gasteiger partial charge in [-0.05, 0) is 48.9 Å². The summed E-state index contributed by atoms with van der Waals surface area (Å²) in [6.07, 6.45) is 1.09. The van der Waals surface area contributed by atoms with Gasteiger partial charge in [0.2, 0.25) is 15.9 Å². The molecule has 1 N–H and O–H groups in total. The Bertz CT molecular complexity index is 1070. The van der Waals surface area contributed by atoms with Crippen LogP contribution in [0.4, 0.5) is 5.69 Å². The van der Waals surface area contributed by atoms with Crippen LogP contribution in [0.3, 0.4) is 0 Å². The van der Waals surface area contributed by atoms with Gasteiger partial charge in [-0.1, -0.05) is 48.5 Å². The smallest absolute Gasteiger partial charge is 0.243 e. The van der Waals surface area contributed by atoms with Crippen molar-refractivity contribution in [2.45, 2.75) is 19.5 Å². The molecular weight excluding hydrogens is 400 g/mol. The summed E-state index contributed by atoms with van der Waals surface area (Å²) in [6, 6.07) is 24.4. The van der Waals surface area contributed by atoms with Gasteiger partial charge < -0.3 is 10.1 Å². The van der Waals surface area contributed by atoms with E-state index in [0.717, 1.165) is 16.1 Å². The summed E-state index contributed by atoms with van der Waals surface area (Å²) in [5.41, 5.74) is 1.33. The summed E-state index contributed by atoms with van der Waals surface area (Å²) in [5, 5.41) is 2.80. The zero-order chi connectivity index (χ0) is 21.6. The average Bonchev–Trinajstić information content (AvgIpc) is 2.74. The number of rotatable bonds is 8. The van der Waals surface area contributed by atoms with E-state index in [4.69, 9.17) is 4.74 Å². The topological polar surface area (TPSA) is 75.7 Å². The fourth-order valence-electron chi connectivity index (χ4n) is 3.03. The fourth-order valence-corrected chi connectivity index (χ4v) is 4.20. The van der Waals surface area contributed by atoms with Crippen molar-refractivity contribution in [1.29, 1.82) is 0 Å². The lowest BCUT2D eigenvalue weighted by Crippen LogP contribution is -2.47. The minimum absolute atomic E-state index is 0.325. The molecule has 30 heavy (non-hydrogen) atoms. The summed E-state index contributed by atoms with van der Waals surface area (Å²) in [7, 11) is -3.69. The monoisotopic (exact) mass is 424 g/mol. The molecular formula is C23H24N2O4S. The summed E-state index contributed by atoms with van der Waals surface area (Å²) >= 11 is 0. The average molecular weight is 425 g/mol. The van der Waals surface area contributed by atoms with Crippen LogP contribution >= 0.6 is 0 Å². The molecule has 0 unspecified atom stereocenters. The molecule has 0 fully saturated rings. The molecule has 0 aliphatic rings. The van der Waals surface area contributed by atoms with E-state index in [-0.39, 0.29) is 5.91 Å². The molecule has 0 heterocycles. The zero-order valence-electron chi connectivity index (χ0n) is 16.9. The van der Waals surface area contributed by atoms with E-state index < -0.39 is 16.1 Å². The maximum Gasteiger partial charge on any atom is 0.243 e. The lowest BCUT2D eigenvalue weighted by molar-refractivity contribution is -0.122.